The van der Waals surface area contributed by atoms with Gasteiger partial charge in [0, 0.05) is 12.7 Å². The van der Waals surface area contributed by atoms with E-state index in [0.29, 0.717) is 17.7 Å². The predicted octanol–water partition coefficient (Wildman–Crippen LogP) is 2.77. The maximum absolute atomic E-state index is 12.1. The molecule has 2 aromatic carbocycles. The highest BCUT2D eigenvalue weighted by atomic mass is 16.5. The fraction of sp³-hybridized carbons (Fsp3) is 0.133. The first-order chi connectivity index (χ1) is 8.72. The summed E-state index contributed by atoms with van der Waals surface area (Å²) in [6.45, 7) is 0.410. The minimum absolute atomic E-state index is 0.0154. The van der Waals surface area contributed by atoms with Crippen molar-refractivity contribution in [3.63, 3.8) is 0 Å². The predicted molar refractivity (Wildman–Crippen MR) is 68.7 cm³/mol. The van der Waals surface area contributed by atoms with Crippen molar-refractivity contribution in [1.29, 1.82) is 0 Å². The Balaban J connectivity index is 2.32. The number of rotatable bonds is 4. The third-order valence-corrected chi connectivity index (χ3v) is 2.65. The lowest BCUT2D eigenvalue weighted by atomic mass is 10.0. The molecule has 0 atom stereocenters. The molecule has 3 heteroatoms. The largest absolute Gasteiger partial charge is 0.507 e. The molecule has 0 unspecified atom stereocenters. The first-order valence-corrected chi connectivity index (χ1v) is 5.63. The molecule has 2 rings (SSSR count). The smallest absolute Gasteiger partial charge is 0.196 e. The fourth-order valence-corrected chi connectivity index (χ4v) is 1.77. The Labute approximate surface area is 106 Å². The van der Waals surface area contributed by atoms with Gasteiger partial charge < -0.3 is 9.84 Å². The molecular weight excluding hydrogens is 228 g/mol. The number of carbonyl (C=O) groups is 1. The summed E-state index contributed by atoms with van der Waals surface area (Å²) < 4.78 is 4.97. The van der Waals surface area contributed by atoms with E-state index >= 15 is 0 Å². The van der Waals surface area contributed by atoms with Crippen molar-refractivity contribution in [2.24, 2.45) is 0 Å². The second-order valence-corrected chi connectivity index (χ2v) is 3.98. The molecule has 0 aliphatic carbocycles. The van der Waals surface area contributed by atoms with Crippen LogP contribution in [0, 0.1) is 0 Å². The van der Waals surface area contributed by atoms with Gasteiger partial charge in [0.1, 0.15) is 5.75 Å². The minimum atomic E-state index is -0.183. The lowest BCUT2D eigenvalue weighted by Crippen LogP contribution is -2.02. The van der Waals surface area contributed by atoms with Gasteiger partial charge in [0.05, 0.1) is 12.2 Å². The van der Waals surface area contributed by atoms with E-state index in [0.717, 1.165) is 5.56 Å². The molecule has 0 aromatic heterocycles. The van der Waals surface area contributed by atoms with Gasteiger partial charge in [-0.15, -0.1) is 0 Å². The number of hydrogen-bond acceptors (Lipinski definition) is 3. The van der Waals surface area contributed by atoms with Gasteiger partial charge >= 0.3 is 0 Å². The highest BCUT2D eigenvalue weighted by Crippen LogP contribution is 2.22. The van der Waals surface area contributed by atoms with Gasteiger partial charge in [-0.25, -0.2) is 0 Å². The van der Waals surface area contributed by atoms with Crippen molar-refractivity contribution < 1.29 is 14.6 Å². The Morgan fingerprint density at radius 2 is 1.89 bits per heavy atom. The van der Waals surface area contributed by atoms with Crippen LogP contribution in [-0.4, -0.2) is 18.0 Å². The molecule has 3 nitrogen and oxygen atoms in total. The molecule has 0 fully saturated rings. The van der Waals surface area contributed by atoms with Crippen LogP contribution in [0.25, 0.3) is 0 Å². The molecule has 1 N–H and O–H groups in total. The van der Waals surface area contributed by atoms with Crippen molar-refractivity contribution in [1.82, 2.24) is 0 Å². The Hall–Kier alpha value is -2.13. The first-order valence-electron chi connectivity index (χ1n) is 5.63. The Morgan fingerprint density at radius 1 is 1.17 bits per heavy atom. The molecule has 0 saturated carbocycles. The zero-order valence-electron chi connectivity index (χ0n) is 10.1. The Bertz CT molecular complexity index is 547. The Kier molecular flexibility index (Phi) is 3.75. The summed E-state index contributed by atoms with van der Waals surface area (Å²) in [6.07, 6.45) is 0. The lowest BCUT2D eigenvalue weighted by Gasteiger charge is -2.06. The third kappa shape index (κ3) is 2.57. The summed E-state index contributed by atoms with van der Waals surface area (Å²) in [5, 5.41) is 9.87. The van der Waals surface area contributed by atoms with Gasteiger partial charge in [-0.3, -0.25) is 4.79 Å². The number of ketones is 1. The second kappa shape index (κ2) is 5.47. The molecule has 0 spiro atoms. The van der Waals surface area contributed by atoms with Gasteiger partial charge in [-0.05, 0) is 17.7 Å². The average molecular weight is 242 g/mol. The van der Waals surface area contributed by atoms with E-state index in [4.69, 9.17) is 4.74 Å². The highest BCUT2D eigenvalue weighted by molar-refractivity contribution is 6.10. The van der Waals surface area contributed by atoms with Crippen LogP contribution in [0.2, 0.25) is 0 Å². The van der Waals surface area contributed by atoms with Crippen LogP contribution >= 0.6 is 0 Å². The number of carbonyl (C=O) groups excluding carboxylic acids is 1. The topological polar surface area (TPSA) is 46.5 Å². The molecular formula is C15H14O3. The summed E-state index contributed by atoms with van der Waals surface area (Å²) in [5.41, 5.74) is 1.70. The second-order valence-electron chi connectivity index (χ2n) is 3.98. The van der Waals surface area contributed by atoms with Crippen molar-refractivity contribution in [2.45, 2.75) is 6.61 Å². The van der Waals surface area contributed by atoms with Crippen molar-refractivity contribution in [3.8, 4) is 5.75 Å². The summed E-state index contributed by atoms with van der Waals surface area (Å²) >= 11 is 0. The van der Waals surface area contributed by atoms with Gasteiger partial charge in [-0.2, -0.15) is 0 Å². The maximum atomic E-state index is 12.1. The van der Waals surface area contributed by atoms with Gasteiger partial charge in [0.2, 0.25) is 0 Å². The number of benzene rings is 2. The number of hydrogen-bond donors (Lipinski definition) is 1. The standard InChI is InChI=1S/C15H14O3/c1-18-10-11-7-8-13(14(16)9-11)15(17)12-5-3-2-4-6-12/h2-9,16H,10H2,1H3. The monoisotopic (exact) mass is 242 g/mol. The van der Waals surface area contributed by atoms with Crippen LogP contribution in [0.3, 0.4) is 0 Å². The molecule has 0 saturated heterocycles. The van der Waals surface area contributed by atoms with Crippen LogP contribution in [-0.2, 0) is 11.3 Å². The van der Waals surface area contributed by atoms with E-state index in [9.17, 15) is 9.90 Å². The highest BCUT2D eigenvalue weighted by Gasteiger charge is 2.13. The number of ether oxygens (including phenoxy) is 1. The molecule has 18 heavy (non-hydrogen) atoms. The summed E-state index contributed by atoms with van der Waals surface area (Å²) in [6, 6.07) is 13.8. The SMILES string of the molecule is COCc1ccc(C(=O)c2ccccc2)c(O)c1. The Morgan fingerprint density at radius 3 is 2.50 bits per heavy atom. The fourth-order valence-electron chi connectivity index (χ4n) is 1.77. The minimum Gasteiger partial charge on any atom is -0.507 e. The van der Waals surface area contributed by atoms with Gasteiger partial charge in [-0.1, -0.05) is 36.4 Å². The molecule has 0 amide bonds. The average Bonchev–Trinajstić information content (AvgIpc) is 2.40. The van der Waals surface area contributed by atoms with Crippen LogP contribution in [0.4, 0.5) is 0 Å². The number of aromatic hydroxyl groups is 1. The number of phenolic OH excluding ortho intramolecular Hbond substituents is 1. The van der Waals surface area contributed by atoms with Gasteiger partial charge in [0.15, 0.2) is 5.78 Å². The van der Waals surface area contributed by atoms with Crippen LogP contribution in [0.15, 0.2) is 48.5 Å². The van der Waals surface area contributed by atoms with E-state index in [1.807, 2.05) is 6.07 Å². The maximum Gasteiger partial charge on any atom is 0.196 e. The van der Waals surface area contributed by atoms with E-state index in [1.165, 1.54) is 0 Å². The quantitative estimate of drug-likeness (QED) is 0.838. The molecule has 0 heterocycles. The number of methoxy groups -OCH3 is 1. The molecule has 0 aliphatic heterocycles. The van der Waals surface area contributed by atoms with Crippen molar-refractivity contribution in [3.05, 3.63) is 65.2 Å². The molecule has 0 bridgehead atoms. The lowest BCUT2D eigenvalue weighted by molar-refractivity contribution is 0.103. The first kappa shape index (κ1) is 12.3. The summed E-state index contributed by atoms with van der Waals surface area (Å²) in [4.78, 5) is 12.1. The summed E-state index contributed by atoms with van der Waals surface area (Å²) in [5.74, 6) is -0.199. The normalized spacial score (nSPS) is 10.3. The third-order valence-electron chi connectivity index (χ3n) is 2.65. The van der Waals surface area contributed by atoms with E-state index in [2.05, 4.69) is 0 Å². The molecule has 0 radical (unpaired) electrons. The van der Waals surface area contributed by atoms with Crippen LogP contribution in [0.1, 0.15) is 21.5 Å². The zero-order chi connectivity index (χ0) is 13.0. The molecule has 92 valence electrons. The molecule has 2 aromatic rings. The number of phenols is 1. The van der Waals surface area contributed by atoms with Crippen LogP contribution < -0.4 is 0 Å². The van der Waals surface area contributed by atoms with E-state index < -0.39 is 0 Å². The van der Waals surface area contributed by atoms with Crippen molar-refractivity contribution >= 4 is 5.78 Å². The van der Waals surface area contributed by atoms with Crippen molar-refractivity contribution in [2.75, 3.05) is 7.11 Å². The van der Waals surface area contributed by atoms with E-state index in [-0.39, 0.29) is 11.5 Å². The van der Waals surface area contributed by atoms with Crippen LogP contribution in [0.5, 0.6) is 5.75 Å². The van der Waals surface area contributed by atoms with E-state index in [1.54, 1.807) is 49.6 Å². The van der Waals surface area contributed by atoms with Gasteiger partial charge in [0.25, 0.3) is 0 Å². The molecule has 0 aliphatic rings. The summed E-state index contributed by atoms with van der Waals surface area (Å²) in [7, 11) is 1.58. The zero-order valence-corrected chi connectivity index (χ0v) is 10.1.